The van der Waals surface area contributed by atoms with E-state index in [1.165, 1.54) is 32.6 Å². The van der Waals surface area contributed by atoms with Gasteiger partial charge in [0.2, 0.25) is 0 Å². The van der Waals surface area contributed by atoms with E-state index in [9.17, 15) is 4.79 Å². The molecule has 1 atom stereocenters. The Hall–Kier alpha value is -1.57. The molecule has 0 aliphatic heterocycles. The fourth-order valence-electron chi connectivity index (χ4n) is 2.34. The SMILES string of the molecule is C1=C2CCC(C1)C2.CC(=O)Oc1ccccc1. The highest BCUT2D eigenvalue weighted by Gasteiger charge is 2.22. The van der Waals surface area contributed by atoms with Crippen molar-refractivity contribution < 1.29 is 9.53 Å². The van der Waals surface area contributed by atoms with E-state index in [0.717, 1.165) is 5.92 Å². The molecule has 0 N–H and O–H groups in total. The average molecular weight is 230 g/mol. The van der Waals surface area contributed by atoms with Crippen molar-refractivity contribution in [2.45, 2.75) is 32.6 Å². The van der Waals surface area contributed by atoms with Gasteiger partial charge in [-0.2, -0.15) is 0 Å². The third kappa shape index (κ3) is 3.74. The number of esters is 1. The summed E-state index contributed by atoms with van der Waals surface area (Å²) in [5.74, 6) is 1.39. The molecular weight excluding hydrogens is 212 g/mol. The molecule has 0 amide bonds. The van der Waals surface area contributed by atoms with Crippen LogP contribution in [0.15, 0.2) is 42.0 Å². The van der Waals surface area contributed by atoms with Crippen molar-refractivity contribution in [1.29, 1.82) is 0 Å². The summed E-state index contributed by atoms with van der Waals surface area (Å²) in [5, 5.41) is 0. The van der Waals surface area contributed by atoms with Gasteiger partial charge < -0.3 is 4.74 Å². The Morgan fingerprint density at radius 1 is 1.29 bits per heavy atom. The van der Waals surface area contributed by atoms with Gasteiger partial charge in [-0.05, 0) is 43.7 Å². The molecule has 2 nitrogen and oxygen atoms in total. The van der Waals surface area contributed by atoms with Crippen molar-refractivity contribution >= 4 is 5.97 Å². The predicted octanol–water partition coefficient (Wildman–Crippen LogP) is 3.73. The Bertz CT molecular complexity index is 406. The van der Waals surface area contributed by atoms with Crippen molar-refractivity contribution in [2.75, 3.05) is 0 Å². The average Bonchev–Trinajstić information content (AvgIpc) is 2.94. The van der Waals surface area contributed by atoms with Gasteiger partial charge in [0.05, 0.1) is 0 Å². The maximum Gasteiger partial charge on any atom is 0.308 e. The van der Waals surface area contributed by atoms with Crippen LogP contribution < -0.4 is 4.74 Å². The lowest BCUT2D eigenvalue weighted by Gasteiger charge is -1.98. The van der Waals surface area contributed by atoms with E-state index in [4.69, 9.17) is 4.74 Å². The number of benzene rings is 1. The summed E-state index contributed by atoms with van der Waals surface area (Å²) in [6, 6.07) is 8.98. The van der Waals surface area contributed by atoms with E-state index in [2.05, 4.69) is 6.08 Å². The number of rotatable bonds is 1. The van der Waals surface area contributed by atoms with Crippen LogP contribution in [0.1, 0.15) is 32.6 Å². The summed E-state index contributed by atoms with van der Waals surface area (Å²) in [4.78, 5) is 10.4. The number of fused-ring (bicyclic) bond motifs is 2. The first kappa shape index (κ1) is 11.9. The first-order valence-electron chi connectivity index (χ1n) is 6.15. The molecule has 1 saturated carbocycles. The third-order valence-electron chi connectivity index (χ3n) is 3.17. The van der Waals surface area contributed by atoms with E-state index >= 15 is 0 Å². The van der Waals surface area contributed by atoms with Crippen molar-refractivity contribution in [2.24, 2.45) is 5.92 Å². The Morgan fingerprint density at radius 3 is 2.41 bits per heavy atom. The minimum atomic E-state index is -0.286. The second kappa shape index (κ2) is 5.67. The van der Waals surface area contributed by atoms with E-state index in [0.29, 0.717) is 5.75 Å². The van der Waals surface area contributed by atoms with Crippen molar-refractivity contribution in [3.63, 3.8) is 0 Å². The Morgan fingerprint density at radius 2 is 2.06 bits per heavy atom. The zero-order chi connectivity index (χ0) is 12.1. The molecule has 0 spiro atoms. The van der Waals surface area contributed by atoms with E-state index in [1.807, 2.05) is 18.2 Å². The topological polar surface area (TPSA) is 26.3 Å². The van der Waals surface area contributed by atoms with Crippen molar-refractivity contribution in [1.82, 2.24) is 0 Å². The third-order valence-corrected chi connectivity index (χ3v) is 3.17. The highest BCUT2D eigenvalue weighted by molar-refractivity contribution is 5.69. The van der Waals surface area contributed by atoms with Crippen LogP contribution in [0.3, 0.4) is 0 Å². The maximum atomic E-state index is 10.4. The minimum Gasteiger partial charge on any atom is -0.427 e. The van der Waals surface area contributed by atoms with Gasteiger partial charge in [0, 0.05) is 6.92 Å². The van der Waals surface area contributed by atoms with Crippen molar-refractivity contribution in [3.05, 3.63) is 42.0 Å². The maximum absolute atomic E-state index is 10.4. The summed E-state index contributed by atoms with van der Waals surface area (Å²) >= 11 is 0. The smallest absolute Gasteiger partial charge is 0.308 e. The summed E-state index contributed by atoms with van der Waals surface area (Å²) < 4.78 is 4.78. The first-order chi connectivity index (χ1) is 8.24. The molecule has 1 unspecified atom stereocenters. The fraction of sp³-hybridized carbons (Fsp3) is 0.400. The van der Waals surface area contributed by atoms with E-state index < -0.39 is 0 Å². The zero-order valence-electron chi connectivity index (χ0n) is 10.2. The Balaban J connectivity index is 0.000000134. The lowest BCUT2D eigenvalue weighted by molar-refractivity contribution is -0.131. The summed E-state index contributed by atoms with van der Waals surface area (Å²) in [7, 11) is 0. The van der Waals surface area contributed by atoms with Crippen molar-refractivity contribution in [3.8, 4) is 5.75 Å². The lowest BCUT2D eigenvalue weighted by Crippen LogP contribution is -2.00. The molecule has 2 heteroatoms. The summed E-state index contributed by atoms with van der Waals surface area (Å²) in [6.07, 6.45) is 8.18. The van der Waals surface area contributed by atoms with Gasteiger partial charge >= 0.3 is 5.97 Å². The predicted molar refractivity (Wildman–Crippen MR) is 67.8 cm³/mol. The number of allylic oxidation sites excluding steroid dienone is 2. The number of ether oxygens (including phenoxy) is 1. The Kier molecular flexibility index (Phi) is 3.97. The molecule has 2 bridgehead atoms. The van der Waals surface area contributed by atoms with Crippen LogP contribution >= 0.6 is 0 Å². The largest absolute Gasteiger partial charge is 0.427 e. The summed E-state index contributed by atoms with van der Waals surface area (Å²) in [6.45, 7) is 1.38. The fourth-order valence-corrected chi connectivity index (χ4v) is 2.34. The van der Waals surface area contributed by atoms with Gasteiger partial charge in [-0.3, -0.25) is 4.79 Å². The number of carbonyl (C=O) groups is 1. The summed E-state index contributed by atoms with van der Waals surface area (Å²) in [5.41, 5.74) is 1.74. The van der Waals surface area contributed by atoms with Crippen LogP contribution in [-0.4, -0.2) is 5.97 Å². The molecule has 0 saturated heterocycles. The van der Waals surface area contributed by atoms with Crippen LogP contribution in [0.25, 0.3) is 0 Å². The van der Waals surface area contributed by atoms with Gasteiger partial charge in [-0.15, -0.1) is 0 Å². The molecule has 17 heavy (non-hydrogen) atoms. The van der Waals surface area contributed by atoms with Gasteiger partial charge in [0.1, 0.15) is 5.75 Å². The molecule has 90 valence electrons. The van der Waals surface area contributed by atoms with E-state index in [-0.39, 0.29) is 5.97 Å². The number of hydrogen-bond acceptors (Lipinski definition) is 2. The van der Waals surface area contributed by atoms with Gasteiger partial charge in [0.25, 0.3) is 0 Å². The number of hydrogen-bond donors (Lipinski definition) is 0. The quantitative estimate of drug-likeness (QED) is 0.417. The number of carbonyl (C=O) groups excluding carboxylic acids is 1. The van der Waals surface area contributed by atoms with Gasteiger partial charge in [-0.25, -0.2) is 0 Å². The van der Waals surface area contributed by atoms with Gasteiger partial charge in [0.15, 0.2) is 0 Å². The number of para-hydroxylation sites is 1. The first-order valence-corrected chi connectivity index (χ1v) is 6.15. The molecule has 3 rings (SSSR count). The minimum absolute atomic E-state index is 0.286. The lowest BCUT2D eigenvalue weighted by atomic mass is 10.1. The molecule has 0 radical (unpaired) electrons. The van der Waals surface area contributed by atoms with Crippen LogP contribution in [0.5, 0.6) is 5.75 Å². The van der Waals surface area contributed by atoms with Crippen LogP contribution in [0.4, 0.5) is 0 Å². The zero-order valence-corrected chi connectivity index (χ0v) is 10.2. The molecule has 0 heterocycles. The molecule has 1 aromatic rings. The van der Waals surface area contributed by atoms with Gasteiger partial charge in [-0.1, -0.05) is 29.8 Å². The van der Waals surface area contributed by atoms with Crippen LogP contribution in [-0.2, 0) is 4.79 Å². The monoisotopic (exact) mass is 230 g/mol. The molecule has 0 aromatic heterocycles. The molecule has 1 aromatic carbocycles. The highest BCUT2D eigenvalue weighted by Crippen LogP contribution is 2.38. The second-order valence-electron chi connectivity index (χ2n) is 4.61. The Labute approximate surface area is 102 Å². The van der Waals surface area contributed by atoms with E-state index in [1.54, 1.807) is 17.7 Å². The second-order valence-corrected chi connectivity index (χ2v) is 4.61. The molecular formula is C15H18O2. The molecule has 2 aliphatic carbocycles. The standard InChI is InChI=1S/C8H8O2.C7H10/c1-7(9)10-8-5-3-2-4-6-8;1-2-7-4-3-6(1)5-7/h2-6H,1H3;1,7H,2-5H2. The highest BCUT2D eigenvalue weighted by atomic mass is 16.5. The van der Waals surface area contributed by atoms with Crippen LogP contribution in [0.2, 0.25) is 0 Å². The molecule has 2 aliphatic rings. The van der Waals surface area contributed by atoms with Crippen LogP contribution in [0, 0.1) is 5.92 Å². The normalized spacial score (nSPS) is 20.3. The molecule has 1 fully saturated rings.